The van der Waals surface area contributed by atoms with Crippen LogP contribution in [0.15, 0.2) is 77.9 Å². The van der Waals surface area contributed by atoms with Crippen LogP contribution in [0.2, 0.25) is 0 Å². The summed E-state index contributed by atoms with van der Waals surface area (Å²) in [5.74, 6) is 1.52. The highest BCUT2D eigenvalue weighted by Crippen LogP contribution is 2.26. The predicted octanol–water partition coefficient (Wildman–Crippen LogP) is 3.44. The van der Waals surface area contributed by atoms with Gasteiger partial charge in [-0.25, -0.2) is 4.68 Å². The Kier molecular flexibility index (Phi) is 5.19. The number of hydrogen-bond acceptors (Lipinski definition) is 2. The summed E-state index contributed by atoms with van der Waals surface area (Å²) in [5.41, 5.74) is 3.48. The lowest BCUT2D eigenvalue weighted by Gasteiger charge is -2.21. The van der Waals surface area contributed by atoms with E-state index in [1.807, 2.05) is 42.2 Å². The number of rotatable bonds is 4. The maximum Gasteiger partial charge on any atom is 0.193 e. The molecule has 1 aromatic heterocycles. The van der Waals surface area contributed by atoms with Crippen molar-refractivity contribution in [3.05, 3.63) is 84.2 Å². The lowest BCUT2D eigenvalue weighted by Crippen LogP contribution is -2.39. The van der Waals surface area contributed by atoms with Gasteiger partial charge in [0.2, 0.25) is 0 Å². The van der Waals surface area contributed by atoms with Crippen LogP contribution in [0.3, 0.4) is 0 Å². The van der Waals surface area contributed by atoms with Gasteiger partial charge in [-0.1, -0.05) is 48.5 Å². The van der Waals surface area contributed by atoms with Crippen LogP contribution in [0.4, 0.5) is 0 Å². The summed E-state index contributed by atoms with van der Waals surface area (Å²) in [6.07, 6.45) is 3.16. The van der Waals surface area contributed by atoms with E-state index >= 15 is 0 Å². The molecule has 1 aliphatic heterocycles. The maximum atomic E-state index is 4.66. The van der Waals surface area contributed by atoms with Crippen molar-refractivity contribution >= 4 is 5.96 Å². The van der Waals surface area contributed by atoms with Gasteiger partial charge >= 0.3 is 0 Å². The van der Waals surface area contributed by atoms with Gasteiger partial charge in [-0.3, -0.25) is 4.99 Å². The lowest BCUT2D eigenvalue weighted by atomic mass is 9.99. The van der Waals surface area contributed by atoms with Gasteiger partial charge in [0.15, 0.2) is 5.96 Å². The molecule has 0 aliphatic carbocycles. The molecule has 138 valence electrons. The summed E-state index contributed by atoms with van der Waals surface area (Å²) in [6.45, 7) is 2.69. The van der Waals surface area contributed by atoms with Crippen LogP contribution in [0.1, 0.15) is 23.6 Å². The fourth-order valence-corrected chi connectivity index (χ4v) is 3.63. The quantitative estimate of drug-likeness (QED) is 0.573. The van der Waals surface area contributed by atoms with E-state index < -0.39 is 0 Å². The van der Waals surface area contributed by atoms with E-state index in [2.05, 4.69) is 62.8 Å². The van der Waals surface area contributed by atoms with Crippen LogP contribution >= 0.6 is 0 Å². The van der Waals surface area contributed by atoms with Gasteiger partial charge < -0.3 is 10.2 Å². The largest absolute Gasteiger partial charge is 0.351 e. The standard InChI is InChI=1S/C22H25N5/c1-23-22(26-14-12-19(17-26)18-8-4-2-5-9-18)24-16-20-13-15-27(25-20)21-10-6-3-7-11-21/h2-11,13,15,19H,12,14,16-17H2,1H3,(H,23,24). The molecule has 27 heavy (non-hydrogen) atoms. The first-order chi connectivity index (χ1) is 13.3. The second kappa shape index (κ2) is 8.08. The van der Waals surface area contributed by atoms with Crippen molar-refractivity contribution in [2.45, 2.75) is 18.9 Å². The number of aromatic nitrogens is 2. The molecule has 1 aliphatic rings. The normalized spacial score (nSPS) is 17.3. The molecule has 2 heterocycles. The Bertz CT molecular complexity index is 885. The molecular weight excluding hydrogens is 334 g/mol. The first-order valence-electron chi connectivity index (χ1n) is 9.44. The van der Waals surface area contributed by atoms with Crippen LogP contribution in [0.25, 0.3) is 5.69 Å². The molecule has 5 nitrogen and oxygen atoms in total. The van der Waals surface area contributed by atoms with Gasteiger partial charge in [0.1, 0.15) is 0 Å². The zero-order valence-corrected chi connectivity index (χ0v) is 15.6. The Morgan fingerprint density at radius 2 is 1.81 bits per heavy atom. The third kappa shape index (κ3) is 4.03. The van der Waals surface area contributed by atoms with Crippen molar-refractivity contribution in [2.75, 3.05) is 20.1 Å². The summed E-state index contributed by atoms with van der Waals surface area (Å²) in [7, 11) is 1.85. The molecular formula is C22H25N5. The molecule has 2 aromatic carbocycles. The van der Waals surface area contributed by atoms with Crippen LogP contribution in [0, 0.1) is 0 Å². The van der Waals surface area contributed by atoms with E-state index in [1.54, 1.807) is 0 Å². The van der Waals surface area contributed by atoms with Gasteiger partial charge in [-0.2, -0.15) is 5.10 Å². The van der Waals surface area contributed by atoms with Crippen LogP contribution in [-0.2, 0) is 6.54 Å². The smallest absolute Gasteiger partial charge is 0.193 e. The molecule has 0 radical (unpaired) electrons. The third-order valence-corrected chi connectivity index (χ3v) is 5.06. The van der Waals surface area contributed by atoms with Crippen molar-refractivity contribution in [2.24, 2.45) is 4.99 Å². The first-order valence-corrected chi connectivity index (χ1v) is 9.44. The molecule has 0 amide bonds. The van der Waals surface area contributed by atoms with Crippen molar-refractivity contribution in [3.63, 3.8) is 0 Å². The highest BCUT2D eigenvalue weighted by molar-refractivity contribution is 5.80. The number of guanidine groups is 1. The van der Waals surface area contributed by atoms with E-state index in [4.69, 9.17) is 0 Å². The molecule has 5 heteroatoms. The molecule has 1 N–H and O–H groups in total. The molecule has 0 saturated carbocycles. The van der Waals surface area contributed by atoms with Crippen LogP contribution in [0.5, 0.6) is 0 Å². The van der Waals surface area contributed by atoms with Gasteiger partial charge in [-0.05, 0) is 30.2 Å². The number of nitrogens with zero attached hydrogens (tertiary/aromatic N) is 4. The van der Waals surface area contributed by atoms with Gasteiger partial charge in [-0.15, -0.1) is 0 Å². The van der Waals surface area contributed by atoms with E-state index in [0.717, 1.165) is 36.9 Å². The predicted molar refractivity (Wildman–Crippen MR) is 109 cm³/mol. The number of aliphatic imine (C=N–C) groups is 1. The Balaban J connectivity index is 1.36. The minimum Gasteiger partial charge on any atom is -0.351 e. The molecule has 1 atom stereocenters. The molecule has 1 saturated heterocycles. The Morgan fingerprint density at radius 3 is 2.56 bits per heavy atom. The SMILES string of the molecule is CN=C(NCc1ccn(-c2ccccc2)n1)N1CCC(c2ccccc2)C1. The minimum absolute atomic E-state index is 0.571. The van der Waals surface area contributed by atoms with Crippen molar-refractivity contribution in [1.82, 2.24) is 20.0 Å². The van der Waals surface area contributed by atoms with E-state index in [0.29, 0.717) is 12.5 Å². The summed E-state index contributed by atoms with van der Waals surface area (Å²) in [4.78, 5) is 6.81. The molecule has 0 spiro atoms. The summed E-state index contributed by atoms with van der Waals surface area (Å²) < 4.78 is 1.90. The maximum absolute atomic E-state index is 4.66. The van der Waals surface area contributed by atoms with Gasteiger partial charge in [0.05, 0.1) is 17.9 Å². The molecule has 4 rings (SSSR count). The van der Waals surface area contributed by atoms with Gasteiger partial charge in [0.25, 0.3) is 0 Å². The van der Waals surface area contributed by atoms with E-state index in [9.17, 15) is 0 Å². The molecule has 3 aromatic rings. The van der Waals surface area contributed by atoms with E-state index in [-0.39, 0.29) is 0 Å². The second-order valence-corrected chi connectivity index (χ2v) is 6.83. The first kappa shape index (κ1) is 17.3. The van der Waals surface area contributed by atoms with E-state index in [1.165, 1.54) is 5.56 Å². The minimum atomic E-state index is 0.571. The fraction of sp³-hybridized carbons (Fsp3) is 0.273. The monoisotopic (exact) mass is 359 g/mol. The highest BCUT2D eigenvalue weighted by Gasteiger charge is 2.25. The topological polar surface area (TPSA) is 45.5 Å². The lowest BCUT2D eigenvalue weighted by molar-refractivity contribution is 0.485. The average molecular weight is 359 g/mol. The average Bonchev–Trinajstić information content (AvgIpc) is 3.40. The summed E-state index contributed by atoms with van der Waals surface area (Å²) >= 11 is 0. The van der Waals surface area contributed by atoms with Crippen molar-refractivity contribution < 1.29 is 0 Å². The van der Waals surface area contributed by atoms with Gasteiger partial charge in [0, 0.05) is 32.3 Å². The zero-order chi connectivity index (χ0) is 18.5. The number of nitrogens with one attached hydrogen (secondary N) is 1. The number of benzene rings is 2. The molecule has 1 fully saturated rings. The van der Waals surface area contributed by atoms with Crippen LogP contribution in [-0.4, -0.2) is 40.8 Å². The highest BCUT2D eigenvalue weighted by atomic mass is 15.3. The number of para-hydroxylation sites is 1. The van der Waals surface area contributed by atoms with Crippen molar-refractivity contribution in [1.29, 1.82) is 0 Å². The Labute approximate surface area is 160 Å². The molecule has 0 bridgehead atoms. The Morgan fingerprint density at radius 1 is 1.07 bits per heavy atom. The number of likely N-dealkylation sites (tertiary alicyclic amines) is 1. The number of hydrogen-bond donors (Lipinski definition) is 1. The fourth-order valence-electron chi connectivity index (χ4n) is 3.63. The summed E-state index contributed by atoms with van der Waals surface area (Å²) in [6, 6.07) is 23.0. The molecule has 1 unspecified atom stereocenters. The third-order valence-electron chi connectivity index (χ3n) is 5.06. The summed E-state index contributed by atoms with van der Waals surface area (Å²) in [5, 5.41) is 8.12. The van der Waals surface area contributed by atoms with Crippen LogP contribution < -0.4 is 5.32 Å². The second-order valence-electron chi connectivity index (χ2n) is 6.83. The Hall–Kier alpha value is -3.08. The zero-order valence-electron chi connectivity index (χ0n) is 15.6. The van der Waals surface area contributed by atoms with Crippen molar-refractivity contribution in [3.8, 4) is 5.69 Å².